The molecule has 1 aromatic rings. The number of para-hydroxylation sites is 1. The second-order valence-corrected chi connectivity index (χ2v) is 4.16. The minimum atomic E-state index is 0.573. The molecule has 1 aromatic carbocycles. The summed E-state index contributed by atoms with van der Waals surface area (Å²) in [4.78, 5) is 0. The molecule has 1 heteroatoms. The largest absolute Gasteiger partial charge is 0.488 e. The Bertz CT molecular complexity index is 375. The van der Waals surface area contributed by atoms with E-state index in [1.165, 1.54) is 16.7 Å². The van der Waals surface area contributed by atoms with Gasteiger partial charge in [0.1, 0.15) is 12.4 Å². The monoisotopic (exact) mass is 188 g/mol. The maximum absolute atomic E-state index is 5.76. The molecule has 0 unspecified atom stereocenters. The van der Waals surface area contributed by atoms with Gasteiger partial charge in [-0.25, -0.2) is 0 Å². The molecular weight excluding hydrogens is 172 g/mol. The number of hydrogen-bond donors (Lipinski definition) is 0. The third-order valence-electron chi connectivity index (χ3n) is 2.71. The fraction of sp³-hybridized carbons (Fsp3) is 0.385. The lowest BCUT2D eigenvalue weighted by atomic mass is 9.97. The van der Waals surface area contributed by atoms with Crippen LogP contribution in [0.4, 0.5) is 0 Å². The average Bonchev–Trinajstić information content (AvgIpc) is 2.17. The molecule has 0 amide bonds. The lowest BCUT2D eigenvalue weighted by molar-refractivity contribution is 0.332. The minimum Gasteiger partial charge on any atom is -0.488 e. The first-order valence-corrected chi connectivity index (χ1v) is 5.11. The van der Waals surface area contributed by atoms with Gasteiger partial charge in [-0.05, 0) is 30.1 Å². The highest BCUT2D eigenvalue weighted by molar-refractivity contribution is 5.64. The number of fused-ring (bicyclic) bond motifs is 1. The molecule has 0 N–H and O–H groups in total. The highest BCUT2D eigenvalue weighted by Gasteiger charge is 2.14. The van der Waals surface area contributed by atoms with Crippen LogP contribution < -0.4 is 4.74 Å². The van der Waals surface area contributed by atoms with E-state index in [0.717, 1.165) is 12.4 Å². The van der Waals surface area contributed by atoms with Gasteiger partial charge in [0.2, 0.25) is 0 Å². The Morgan fingerprint density at radius 1 is 1.29 bits per heavy atom. The standard InChI is InChI=1S/C13H16O/c1-9(2)12-7-11-6-4-5-10(3)13(11)14-8-12/h4-7,9H,8H2,1-3H3. The Morgan fingerprint density at radius 2 is 2.07 bits per heavy atom. The van der Waals surface area contributed by atoms with E-state index in [1.807, 2.05) is 0 Å². The number of hydrogen-bond acceptors (Lipinski definition) is 1. The van der Waals surface area contributed by atoms with Crippen LogP contribution in [0.2, 0.25) is 0 Å². The van der Waals surface area contributed by atoms with Crippen molar-refractivity contribution >= 4 is 6.08 Å². The molecule has 1 nitrogen and oxygen atoms in total. The number of rotatable bonds is 1. The molecule has 2 rings (SSSR count). The van der Waals surface area contributed by atoms with Crippen molar-refractivity contribution < 1.29 is 4.74 Å². The van der Waals surface area contributed by atoms with Gasteiger partial charge in [-0.1, -0.05) is 32.0 Å². The highest BCUT2D eigenvalue weighted by atomic mass is 16.5. The summed E-state index contributed by atoms with van der Waals surface area (Å²) in [6.07, 6.45) is 2.26. The van der Waals surface area contributed by atoms with Crippen molar-refractivity contribution in [3.8, 4) is 5.75 Å². The van der Waals surface area contributed by atoms with E-state index in [4.69, 9.17) is 4.74 Å². The first kappa shape index (κ1) is 9.32. The lowest BCUT2D eigenvalue weighted by Crippen LogP contribution is -2.12. The zero-order valence-corrected chi connectivity index (χ0v) is 9.00. The van der Waals surface area contributed by atoms with Crippen molar-refractivity contribution in [2.75, 3.05) is 6.61 Å². The molecule has 74 valence electrons. The van der Waals surface area contributed by atoms with Gasteiger partial charge in [-0.3, -0.25) is 0 Å². The third kappa shape index (κ3) is 1.54. The van der Waals surface area contributed by atoms with Gasteiger partial charge in [-0.2, -0.15) is 0 Å². The summed E-state index contributed by atoms with van der Waals surface area (Å²) in [7, 11) is 0. The van der Waals surface area contributed by atoms with E-state index in [-0.39, 0.29) is 0 Å². The Morgan fingerprint density at radius 3 is 2.79 bits per heavy atom. The van der Waals surface area contributed by atoms with Crippen LogP contribution in [0, 0.1) is 12.8 Å². The summed E-state index contributed by atoms with van der Waals surface area (Å²) in [5, 5.41) is 0. The summed E-state index contributed by atoms with van der Waals surface area (Å²) in [6.45, 7) is 7.24. The second-order valence-electron chi connectivity index (χ2n) is 4.16. The van der Waals surface area contributed by atoms with E-state index in [2.05, 4.69) is 45.0 Å². The fourth-order valence-electron chi connectivity index (χ4n) is 1.72. The molecule has 0 atom stereocenters. The van der Waals surface area contributed by atoms with E-state index in [1.54, 1.807) is 0 Å². The summed E-state index contributed by atoms with van der Waals surface area (Å²) in [6, 6.07) is 6.29. The Hall–Kier alpha value is -1.24. The van der Waals surface area contributed by atoms with E-state index in [9.17, 15) is 0 Å². The van der Waals surface area contributed by atoms with Crippen molar-refractivity contribution in [3.63, 3.8) is 0 Å². The first-order chi connectivity index (χ1) is 6.68. The van der Waals surface area contributed by atoms with Gasteiger partial charge in [0.15, 0.2) is 0 Å². The number of ether oxygens (including phenoxy) is 1. The third-order valence-corrected chi connectivity index (χ3v) is 2.71. The van der Waals surface area contributed by atoms with Crippen LogP contribution in [0.15, 0.2) is 23.8 Å². The van der Waals surface area contributed by atoms with Crippen LogP contribution in [0.1, 0.15) is 25.0 Å². The summed E-state index contributed by atoms with van der Waals surface area (Å²) in [5.41, 5.74) is 3.82. The van der Waals surface area contributed by atoms with Crippen molar-refractivity contribution in [3.05, 3.63) is 34.9 Å². The Kier molecular flexibility index (Phi) is 2.32. The van der Waals surface area contributed by atoms with E-state index < -0.39 is 0 Å². The van der Waals surface area contributed by atoms with Crippen LogP contribution in [0.5, 0.6) is 5.75 Å². The predicted molar refractivity (Wildman–Crippen MR) is 59.5 cm³/mol. The van der Waals surface area contributed by atoms with E-state index in [0.29, 0.717) is 5.92 Å². The van der Waals surface area contributed by atoms with Gasteiger partial charge in [0.05, 0.1) is 0 Å². The molecule has 0 bridgehead atoms. The molecule has 1 aliphatic heterocycles. The molecule has 0 saturated heterocycles. The maximum Gasteiger partial charge on any atom is 0.129 e. The summed E-state index contributed by atoms with van der Waals surface area (Å²) >= 11 is 0. The van der Waals surface area contributed by atoms with Crippen LogP contribution >= 0.6 is 0 Å². The Labute approximate surface area is 85.4 Å². The maximum atomic E-state index is 5.76. The molecular formula is C13H16O. The molecule has 0 spiro atoms. The van der Waals surface area contributed by atoms with Crippen molar-refractivity contribution in [1.82, 2.24) is 0 Å². The summed E-state index contributed by atoms with van der Waals surface area (Å²) < 4.78 is 5.76. The second kappa shape index (κ2) is 3.49. The lowest BCUT2D eigenvalue weighted by Gasteiger charge is -2.21. The fourth-order valence-corrected chi connectivity index (χ4v) is 1.72. The van der Waals surface area contributed by atoms with Crippen molar-refractivity contribution in [2.24, 2.45) is 5.92 Å². The number of aryl methyl sites for hydroxylation is 1. The molecule has 14 heavy (non-hydrogen) atoms. The normalized spacial score (nSPS) is 14.7. The summed E-state index contributed by atoms with van der Waals surface area (Å²) in [5.74, 6) is 1.63. The molecule has 0 saturated carbocycles. The molecule has 0 aliphatic carbocycles. The van der Waals surface area contributed by atoms with Crippen molar-refractivity contribution in [2.45, 2.75) is 20.8 Å². The van der Waals surface area contributed by atoms with Crippen molar-refractivity contribution in [1.29, 1.82) is 0 Å². The smallest absolute Gasteiger partial charge is 0.129 e. The van der Waals surface area contributed by atoms with Gasteiger partial charge >= 0.3 is 0 Å². The van der Waals surface area contributed by atoms with Crippen LogP contribution in [-0.4, -0.2) is 6.61 Å². The van der Waals surface area contributed by atoms with Gasteiger partial charge in [-0.15, -0.1) is 0 Å². The highest BCUT2D eigenvalue weighted by Crippen LogP contribution is 2.31. The molecule has 0 fully saturated rings. The first-order valence-electron chi connectivity index (χ1n) is 5.11. The van der Waals surface area contributed by atoms with Gasteiger partial charge < -0.3 is 4.74 Å². The molecule has 0 aromatic heterocycles. The SMILES string of the molecule is Cc1cccc2c1OCC(C(C)C)=C2. The molecule has 0 radical (unpaired) electrons. The van der Waals surface area contributed by atoms with Crippen LogP contribution in [0.3, 0.4) is 0 Å². The average molecular weight is 188 g/mol. The van der Waals surface area contributed by atoms with Gasteiger partial charge in [0, 0.05) is 5.56 Å². The topological polar surface area (TPSA) is 9.23 Å². The van der Waals surface area contributed by atoms with E-state index >= 15 is 0 Å². The molecule has 1 aliphatic rings. The Balaban J connectivity index is 2.45. The quantitative estimate of drug-likeness (QED) is 0.656. The zero-order valence-electron chi connectivity index (χ0n) is 9.00. The minimum absolute atomic E-state index is 0.573. The number of benzene rings is 1. The van der Waals surface area contributed by atoms with Crippen LogP contribution in [-0.2, 0) is 0 Å². The molecule has 1 heterocycles. The predicted octanol–water partition coefficient (Wildman–Crippen LogP) is 3.43. The zero-order chi connectivity index (χ0) is 10.1. The van der Waals surface area contributed by atoms with Crippen LogP contribution in [0.25, 0.3) is 6.08 Å². The van der Waals surface area contributed by atoms with Gasteiger partial charge in [0.25, 0.3) is 0 Å².